The molecular formula is C42H80O7Si10. The third kappa shape index (κ3) is 17.4. The second-order valence-corrected chi connectivity index (χ2v) is 61.8. The molecule has 0 radical (unpaired) electrons. The van der Waals surface area contributed by atoms with Gasteiger partial charge in [-0.15, -0.1) is 6.58 Å². The zero-order chi connectivity index (χ0) is 44.8. The molecule has 17 heteroatoms. The van der Waals surface area contributed by atoms with Gasteiger partial charge in [0.2, 0.25) is 0 Å². The van der Waals surface area contributed by atoms with Gasteiger partial charge in [-0.1, -0.05) is 96.7 Å². The van der Waals surface area contributed by atoms with Crippen LogP contribution in [0.15, 0.2) is 103 Å². The van der Waals surface area contributed by atoms with Gasteiger partial charge in [-0.3, -0.25) is 0 Å². The Morgan fingerprint density at radius 3 is 0.915 bits per heavy atom. The highest BCUT2D eigenvalue weighted by atomic mass is 28.5. The van der Waals surface area contributed by atoms with Crippen molar-refractivity contribution in [2.24, 2.45) is 0 Å². The maximum absolute atomic E-state index is 7.54. The molecule has 0 heterocycles. The van der Waals surface area contributed by atoms with Crippen LogP contribution in [0.3, 0.4) is 0 Å². The van der Waals surface area contributed by atoms with Crippen LogP contribution in [-0.4, -0.2) is 84.1 Å². The van der Waals surface area contributed by atoms with Crippen molar-refractivity contribution >= 4 is 99.7 Å². The topological polar surface area (TPSA) is 64.6 Å². The Kier molecular flexibility index (Phi) is 17.8. The molecule has 0 aliphatic carbocycles. The molecular weight excluding hydrogens is 897 g/mol. The standard InChI is InChI=1S/C42H80O7Si10/c1-20-52(8,9)45-57(18,40-30-24-21-25-31-40)46-53(10,11)36-37-54(12,13)47-58(19,41-32-26-22-27-33-41)48-55(14,15)38-39-56(16,17)49-59(43-50(2,3)4,44-51(5,6)7)42-34-28-23-29-35-42/h20-35H,1,36-39H2,2-19H3. The van der Waals surface area contributed by atoms with Crippen molar-refractivity contribution in [2.45, 2.75) is 142 Å². The quantitative estimate of drug-likeness (QED) is 0.0829. The molecule has 0 aromatic heterocycles. The van der Waals surface area contributed by atoms with Gasteiger partial charge in [0.15, 0.2) is 58.2 Å². The number of rotatable bonds is 24. The van der Waals surface area contributed by atoms with E-state index in [4.69, 9.17) is 28.8 Å². The zero-order valence-corrected chi connectivity index (χ0v) is 50.1. The van der Waals surface area contributed by atoms with Gasteiger partial charge >= 0.3 is 25.9 Å². The minimum atomic E-state index is -3.24. The van der Waals surface area contributed by atoms with Crippen molar-refractivity contribution in [1.29, 1.82) is 0 Å². The number of hydrogen-bond acceptors (Lipinski definition) is 7. The summed E-state index contributed by atoms with van der Waals surface area (Å²) in [5.41, 5.74) is 2.02. The third-order valence-corrected chi connectivity index (χ3v) is 46.9. The first-order valence-electron chi connectivity index (χ1n) is 21.5. The lowest BCUT2D eigenvalue weighted by atomic mass is 10.4. The first-order chi connectivity index (χ1) is 26.7. The van der Waals surface area contributed by atoms with Crippen molar-refractivity contribution in [3.05, 3.63) is 103 Å². The van der Waals surface area contributed by atoms with Crippen molar-refractivity contribution in [1.82, 2.24) is 0 Å². The molecule has 0 saturated carbocycles. The predicted molar refractivity (Wildman–Crippen MR) is 278 cm³/mol. The van der Waals surface area contributed by atoms with Gasteiger partial charge in [-0.2, -0.15) is 0 Å². The van der Waals surface area contributed by atoms with Crippen molar-refractivity contribution in [2.75, 3.05) is 0 Å². The van der Waals surface area contributed by atoms with Crippen LogP contribution >= 0.6 is 0 Å². The third-order valence-electron chi connectivity index (χ3n) is 10.0. The molecule has 0 N–H and O–H groups in total. The van der Waals surface area contributed by atoms with Crippen molar-refractivity contribution < 1.29 is 28.8 Å². The highest BCUT2D eigenvalue weighted by Gasteiger charge is 2.54. The van der Waals surface area contributed by atoms with Gasteiger partial charge in [-0.05, 0) is 152 Å². The van der Waals surface area contributed by atoms with E-state index >= 15 is 0 Å². The lowest BCUT2D eigenvalue weighted by Crippen LogP contribution is -2.67. The Morgan fingerprint density at radius 2 is 0.627 bits per heavy atom. The molecule has 0 spiro atoms. The summed E-state index contributed by atoms with van der Waals surface area (Å²) in [5.74, 6) is 0. The second kappa shape index (κ2) is 20.0. The molecule has 3 rings (SSSR count). The lowest BCUT2D eigenvalue weighted by Gasteiger charge is -2.45. The molecule has 0 amide bonds. The fraction of sp³-hybridized carbons (Fsp3) is 0.524. The molecule has 2 unspecified atom stereocenters. The van der Waals surface area contributed by atoms with Crippen molar-refractivity contribution in [3.8, 4) is 0 Å². The first kappa shape index (κ1) is 52.6. The van der Waals surface area contributed by atoms with E-state index in [2.05, 4.69) is 215 Å². The van der Waals surface area contributed by atoms with Crippen LogP contribution in [0.4, 0.5) is 0 Å². The zero-order valence-electron chi connectivity index (χ0n) is 40.1. The second-order valence-electron chi connectivity index (χ2n) is 21.3. The summed E-state index contributed by atoms with van der Waals surface area (Å²) in [5, 5.41) is 3.44. The van der Waals surface area contributed by atoms with Crippen LogP contribution in [0.1, 0.15) is 0 Å². The lowest BCUT2D eigenvalue weighted by molar-refractivity contribution is 0.271. The average molecular weight is 978 g/mol. The van der Waals surface area contributed by atoms with Crippen LogP contribution in [0, 0.1) is 0 Å². The largest absolute Gasteiger partial charge is 0.505 e. The molecule has 2 atom stereocenters. The maximum Gasteiger partial charge on any atom is 0.505 e. The molecule has 0 aliphatic heterocycles. The smallest absolute Gasteiger partial charge is 0.433 e. The highest BCUT2D eigenvalue weighted by molar-refractivity contribution is 6.98. The van der Waals surface area contributed by atoms with Crippen LogP contribution in [-0.2, 0) is 28.8 Å². The van der Waals surface area contributed by atoms with E-state index in [1.54, 1.807) is 0 Å². The Balaban J connectivity index is 1.86. The molecule has 0 bridgehead atoms. The summed E-state index contributed by atoms with van der Waals surface area (Å²) in [6.45, 7) is 45.4. The van der Waals surface area contributed by atoms with Gasteiger partial charge in [-0.25, -0.2) is 0 Å². The molecule has 0 aliphatic rings. The summed E-state index contributed by atoms with van der Waals surface area (Å²) >= 11 is 0. The minimum absolute atomic E-state index is 0.951. The first-order valence-corrected chi connectivity index (χ1v) is 50.1. The maximum atomic E-state index is 7.54. The van der Waals surface area contributed by atoms with Crippen LogP contribution < -0.4 is 15.6 Å². The van der Waals surface area contributed by atoms with E-state index in [1.165, 1.54) is 10.4 Å². The van der Waals surface area contributed by atoms with Gasteiger partial charge < -0.3 is 28.8 Å². The Hall–Kier alpha value is -0.711. The van der Waals surface area contributed by atoms with E-state index in [-0.39, 0.29) is 0 Å². The van der Waals surface area contributed by atoms with Gasteiger partial charge in [0.25, 0.3) is 0 Å². The number of hydrogen-bond donors (Lipinski definition) is 0. The predicted octanol–water partition coefficient (Wildman–Crippen LogP) is 11.3. The highest BCUT2D eigenvalue weighted by Crippen LogP contribution is 2.34. The van der Waals surface area contributed by atoms with Gasteiger partial charge in [0.05, 0.1) is 0 Å². The molecule has 59 heavy (non-hydrogen) atoms. The SMILES string of the molecule is C=C[Si](C)(C)O[Si](C)(O[Si](C)(C)CC[Si](C)(C)O[Si](C)(O[Si](C)(C)CC[Si](C)(C)O[Si](O[Si](C)(C)C)(O[Si](C)(C)C)c1ccccc1)c1ccccc1)c1ccccc1. The molecule has 0 saturated heterocycles. The Morgan fingerprint density at radius 1 is 0.356 bits per heavy atom. The van der Waals surface area contributed by atoms with Crippen LogP contribution in [0.5, 0.6) is 0 Å². The van der Waals surface area contributed by atoms with Crippen LogP contribution in [0.25, 0.3) is 0 Å². The molecule has 7 nitrogen and oxygen atoms in total. The van der Waals surface area contributed by atoms with E-state index in [0.29, 0.717) is 0 Å². The monoisotopic (exact) mass is 976 g/mol. The fourth-order valence-electron chi connectivity index (χ4n) is 7.34. The Labute approximate surface area is 371 Å². The molecule has 0 fully saturated rings. The summed E-state index contributed by atoms with van der Waals surface area (Å²) in [6.07, 6.45) is 0. The summed E-state index contributed by atoms with van der Waals surface area (Å²) in [7, 11) is -24.2. The van der Waals surface area contributed by atoms with E-state index < -0.39 is 84.1 Å². The fourth-order valence-corrected chi connectivity index (χ4v) is 53.2. The summed E-state index contributed by atoms with van der Waals surface area (Å²) in [6, 6.07) is 35.8. The van der Waals surface area contributed by atoms with E-state index in [9.17, 15) is 0 Å². The summed E-state index contributed by atoms with van der Waals surface area (Å²) in [4.78, 5) is 0. The van der Waals surface area contributed by atoms with Crippen molar-refractivity contribution in [3.63, 3.8) is 0 Å². The average Bonchev–Trinajstić information content (AvgIpc) is 3.09. The van der Waals surface area contributed by atoms with Crippen LogP contribution in [0.2, 0.25) is 142 Å². The number of benzene rings is 3. The molecule has 3 aromatic rings. The van der Waals surface area contributed by atoms with Gasteiger partial charge in [0, 0.05) is 5.19 Å². The van der Waals surface area contributed by atoms with E-state index in [1.807, 2.05) is 5.70 Å². The molecule has 330 valence electrons. The Bertz CT molecular complexity index is 1750. The summed E-state index contributed by atoms with van der Waals surface area (Å²) < 4.78 is 51.1. The minimum Gasteiger partial charge on any atom is -0.433 e. The van der Waals surface area contributed by atoms with Gasteiger partial charge in [0.1, 0.15) is 0 Å². The van der Waals surface area contributed by atoms with E-state index in [0.717, 1.165) is 29.4 Å². The normalized spacial score (nSPS) is 16.0. The molecule has 3 aromatic carbocycles.